The van der Waals surface area contributed by atoms with Crippen LogP contribution in [0.4, 0.5) is 4.39 Å². The van der Waals surface area contributed by atoms with Gasteiger partial charge in [-0.25, -0.2) is 9.37 Å². The number of nitrogens with zero attached hydrogens (tertiary/aromatic N) is 2. The molecule has 0 aliphatic carbocycles. The first kappa shape index (κ1) is 30.6. The molecule has 4 nitrogen and oxygen atoms in total. The number of nitrogens with one attached hydrogen (secondary N) is 1. The molecule has 0 bridgehead atoms. The molecular weight excluding hydrogens is 497 g/mol. The summed E-state index contributed by atoms with van der Waals surface area (Å²) in [5.74, 6) is 1.75. The number of aliphatic imine (C=N–C) groups is 1. The highest BCUT2D eigenvalue weighted by molar-refractivity contribution is 5.82. The molecule has 0 amide bonds. The van der Waals surface area contributed by atoms with Crippen LogP contribution < -0.4 is 4.74 Å². The molecule has 0 unspecified atom stereocenters. The van der Waals surface area contributed by atoms with Crippen LogP contribution >= 0.6 is 0 Å². The summed E-state index contributed by atoms with van der Waals surface area (Å²) in [7, 11) is 0. The van der Waals surface area contributed by atoms with E-state index in [9.17, 15) is 4.39 Å². The maximum absolute atomic E-state index is 12.9. The van der Waals surface area contributed by atoms with Gasteiger partial charge < -0.3 is 9.72 Å². The Kier molecular flexibility index (Phi) is 11.0. The van der Waals surface area contributed by atoms with Crippen LogP contribution in [0.1, 0.15) is 64.9 Å². The highest BCUT2D eigenvalue weighted by Crippen LogP contribution is 2.29. The van der Waals surface area contributed by atoms with Crippen LogP contribution in [0.5, 0.6) is 5.75 Å². The molecule has 0 saturated heterocycles. The van der Waals surface area contributed by atoms with E-state index < -0.39 is 0 Å². The number of rotatable bonds is 9. The van der Waals surface area contributed by atoms with Gasteiger partial charge in [0.05, 0.1) is 17.6 Å². The van der Waals surface area contributed by atoms with E-state index in [0.29, 0.717) is 0 Å². The third kappa shape index (κ3) is 8.51. The summed E-state index contributed by atoms with van der Waals surface area (Å²) in [6, 6.07) is 19.4. The van der Waals surface area contributed by atoms with Crippen molar-refractivity contribution >= 4 is 16.7 Å². The van der Waals surface area contributed by atoms with E-state index in [1.165, 1.54) is 28.8 Å². The molecule has 0 atom stereocenters. The van der Waals surface area contributed by atoms with Crippen LogP contribution in [0.15, 0.2) is 89.1 Å². The number of aromatic amines is 1. The smallest absolute Gasteiger partial charge is 0.123 e. The van der Waals surface area contributed by atoms with E-state index in [1.807, 2.05) is 34.6 Å². The van der Waals surface area contributed by atoms with E-state index in [4.69, 9.17) is 4.74 Å². The van der Waals surface area contributed by atoms with Crippen LogP contribution in [0.3, 0.4) is 0 Å². The molecule has 4 aromatic rings. The topological polar surface area (TPSA) is 50.3 Å². The van der Waals surface area contributed by atoms with Crippen molar-refractivity contribution in [3.8, 4) is 16.9 Å². The van der Waals surface area contributed by atoms with Crippen LogP contribution in [0, 0.1) is 12.7 Å². The fourth-order valence-corrected chi connectivity index (χ4v) is 4.50. The Morgan fingerprint density at radius 2 is 1.62 bits per heavy atom. The molecule has 5 heteroatoms. The van der Waals surface area contributed by atoms with Gasteiger partial charge in [0.2, 0.25) is 0 Å². The predicted octanol–water partition coefficient (Wildman–Crippen LogP) is 9.59. The highest BCUT2D eigenvalue weighted by atomic mass is 19.1. The first-order valence-corrected chi connectivity index (χ1v) is 14.0. The maximum Gasteiger partial charge on any atom is 0.123 e. The lowest BCUT2D eigenvalue weighted by atomic mass is 9.98. The first-order valence-electron chi connectivity index (χ1n) is 14.0. The number of halogens is 1. The van der Waals surface area contributed by atoms with Crippen molar-refractivity contribution in [1.82, 2.24) is 9.97 Å². The zero-order valence-electron chi connectivity index (χ0n) is 25.0. The first-order chi connectivity index (χ1) is 19.1. The molecular formula is C35H42FN3O. The molecule has 1 heterocycles. The molecule has 0 saturated carbocycles. The average Bonchev–Trinajstić information content (AvgIpc) is 3.30. The van der Waals surface area contributed by atoms with Crippen LogP contribution in [-0.2, 0) is 12.8 Å². The summed E-state index contributed by atoms with van der Waals surface area (Å²) < 4.78 is 18.7. The Bertz CT molecular complexity index is 1510. The van der Waals surface area contributed by atoms with Crippen molar-refractivity contribution in [2.75, 3.05) is 6.61 Å². The standard InChI is InChI=1S/C19H22N2O.C16H20FN/c1-4-10-22-19-9-7-15(11-14(19)5-2)16-6-8-17-18(12-16)21-13(3)20-17;1-11(2)16(13(5)18-12(3)4)10-14-6-8-15(17)9-7-14/h6-9,11-12H,4-5,10H2,1-3H3,(H,20,21);6-9H,1,10H2,2-5H3/b;16-13-. The molecule has 40 heavy (non-hydrogen) atoms. The van der Waals surface area contributed by atoms with E-state index in [-0.39, 0.29) is 5.82 Å². The SMILES string of the molecule is C=C(C)/C(Cc1ccc(F)cc1)=C(/C)N=C(C)C.CCCOc1ccc(-c2ccc3nc(C)[nH]c3c2)cc1CC. The fraction of sp³-hybridized carbons (Fsp3) is 0.314. The number of H-pyrrole nitrogens is 1. The molecule has 1 aromatic heterocycles. The summed E-state index contributed by atoms with van der Waals surface area (Å²) in [5.41, 5.74) is 11.0. The third-order valence-corrected chi connectivity index (χ3v) is 6.47. The van der Waals surface area contributed by atoms with Gasteiger partial charge in [0.15, 0.2) is 0 Å². The molecule has 210 valence electrons. The minimum Gasteiger partial charge on any atom is -0.493 e. The lowest BCUT2D eigenvalue weighted by Gasteiger charge is -2.12. The second-order valence-electron chi connectivity index (χ2n) is 10.3. The monoisotopic (exact) mass is 539 g/mol. The van der Waals surface area contributed by atoms with E-state index in [1.54, 1.807) is 12.1 Å². The second-order valence-corrected chi connectivity index (χ2v) is 10.3. The molecule has 0 aliphatic heterocycles. The Balaban J connectivity index is 0.000000226. The van der Waals surface area contributed by atoms with Crippen molar-refractivity contribution in [3.05, 3.63) is 107 Å². The largest absolute Gasteiger partial charge is 0.493 e. The summed E-state index contributed by atoms with van der Waals surface area (Å²) in [4.78, 5) is 12.2. The minimum atomic E-state index is -0.209. The Morgan fingerprint density at radius 1 is 0.950 bits per heavy atom. The minimum absolute atomic E-state index is 0.209. The summed E-state index contributed by atoms with van der Waals surface area (Å²) >= 11 is 0. The number of benzene rings is 3. The molecule has 4 rings (SSSR count). The Morgan fingerprint density at radius 3 is 2.25 bits per heavy atom. The van der Waals surface area contributed by atoms with E-state index in [2.05, 4.69) is 71.8 Å². The Labute approximate surface area is 238 Å². The number of ether oxygens (including phenoxy) is 1. The van der Waals surface area contributed by atoms with Gasteiger partial charge in [-0.1, -0.05) is 50.3 Å². The molecule has 3 aromatic carbocycles. The number of hydrogen-bond acceptors (Lipinski definition) is 3. The van der Waals surface area contributed by atoms with Gasteiger partial charge in [-0.05, 0) is 118 Å². The molecule has 0 fully saturated rings. The Hall–Kier alpha value is -3.99. The van der Waals surface area contributed by atoms with Crippen molar-refractivity contribution < 1.29 is 9.13 Å². The number of hydrogen-bond donors (Lipinski definition) is 1. The van der Waals surface area contributed by atoms with Crippen molar-refractivity contribution in [2.24, 2.45) is 4.99 Å². The average molecular weight is 540 g/mol. The number of fused-ring (bicyclic) bond motifs is 1. The fourth-order valence-electron chi connectivity index (χ4n) is 4.50. The number of aromatic nitrogens is 2. The van der Waals surface area contributed by atoms with Gasteiger partial charge in [-0.2, -0.15) is 0 Å². The quantitative estimate of drug-likeness (QED) is 0.170. The maximum atomic E-state index is 12.9. The summed E-state index contributed by atoms with van der Waals surface area (Å²) in [6.45, 7) is 18.9. The third-order valence-electron chi connectivity index (χ3n) is 6.47. The number of allylic oxidation sites excluding steroid dienone is 3. The van der Waals surface area contributed by atoms with Crippen molar-refractivity contribution in [2.45, 2.75) is 67.7 Å². The summed E-state index contributed by atoms with van der Waals surface area (Å²) in [5, 5.41) is 0. The summed E-state index contributed by atoms with van der Waals surface area (Å²) in [6.07, 6.45) is 2.73. The highest BCUT2D eigenvalue weighted by Gasteiger charge is 2.08. The number of aryl methyl sites for hydroxylation is 2. The van der Waals surface area contributed by atoms with Crippen LogP contribution in [-0.4, -0.2) is 22.3 Å². The van der Waals surface area contributed by atoms with E-state index >= 15 is 0 Å². The number of imidazole rings is 1. The van der Waals surface area contributed by atoms with Gasteiger partial charge in [0.1, 0.15) is 17.4 Å². The predicted molar refractivity (Wildman–Crippen MR) is 168 cm³/mol. The van der Waals surface area contributed by atoms with Gasteiger partial charge in [0.25, 0.3) is 0 Å². The van der Waals surface area contributed by atoms with Gasteiger partial charge >= 0.3 is 0 Å². The van der Waals surface area contributed by atoms with Gasteiger partial charge in [-0.15, -0.1) is 0 Å². The zero-order valence-corrected chi connectivity index (χ0v) is 25.0. The van der Waals surface area contributed by atoms with Crippen LogP contribution in [0.25, 0.3) is 22.2 Å². The molecule has 1 N–H and O–H groups in total. The second kappa shape index (κ2) is 14.4. The van der Waals surface area contributed by atoms with Crippen molar-refractivity contribution in [3.63, 3.8) is 0 Å². The van der Waals surface area contributed by atoms with Crippen LogP contribution in [0.2, 0.25) is 0 Å². The lowest BCUT2D eigenvalue weighted by molar-refractivity contribution is 0.314. The molecule has 0 spiro atoms. The zero-order chi connectivity index (χ0) is 29.2. The van der Waals surface area contributed by atoms with Gasteiger partial charge in [-0.3, -0.25) is 4.99 Å². The molecule has 0 aliphatic rings. The van der Waals surface area contributed by atoms with Crippen molar-refractivity contribution in [1.29, 1.82) is 0 Å². The van der Waals surface area contributed by atoms with Gasteiger partial charge in [0, 0.05) is 11.4 Å². The van der Waals surface area contributed by atoms with E-state index in [0.717, 1.165) is 76.6 Å². The lowest BCUT2D eigenvalue weighted by Crippen LogP contribution is -1.98. The normalized spacial score (nSPS) is 11.4. The molecule has 0 radical (unpaired) electrons.